The van der Waals surface area contributed by atoms with Gasteiger partial charge in [0.1, 0.15) is 6.54 Å². The first-order valence-electron chi connectivity index (χ1n) is 13.3. The van der Waals surface area contributed by atoms with Gasteiger partial charge in [-0.1, -0.05) is 70.9 Å². The van der Waals surface area contributed by atoms with Crippen LogP contribution in [0, 0.1) is 23.7 Å². The summed E-state index contributed by atoms with van der Waals surface area (Å²) >= 11 is 0. The van der Waals surface area contributed by atoms with Crippen molar-refractivity contribution in [2.75, 3.05) is 6.54 Å². The molecule has 37 heavy (non-hydrogen) atoms. The summed E-state index contributed by atoms with van der Waals surface area (Å²) in [5.74, 6) is -2.29. The number of carbonyl (C=O) groups excluding carboxylic acids is 3. The molecule has 0 fully saturated rings. The molecule has 0 saturated carbocycles. The normalized spacial score (nSPS) is 12.8. The SMILES string of the molecule is CCC(CC)CN(NC(=O)[C@H](CC(C)C)[C@H](CCCc1ccccc1)C(=O)NO)C(=O)Cn1ccnc1. The first kappa shape index (κ1) is 30.0. The number of imidazole rings is 1. The van der Waals surface area contributed by atoms with Crippen LogP contribution in [0.4, 0.5) is 0 Å². The third kappa shape index (κ3) is 9.99. The molecule has 0 aliphatic heterocycles. The van der Waals surface area contributed by atoms with E-state index in [1.165, 1.54) is 5.01 Å². The number of hydrogen-bond acceptors (Lipinski definition) is 5. The number of nitrogens with one attached hydrogen (secondary N) is 2. The van der Waals surface area contributed by atoms with Crippen LogP contribution < -0.4 is 10.9 Å². The van der Waals surface area contributed by atoms with Crippen molar-refractivity contribution >= 4 is 17.7 Å². The molecule has 2 rings (SSSR count). The molecule has 0 bridgehead atoms. The second-order valence-corrected chi connectivity index (χ2v) is 10.1. The Balaban J connectivity index is 2.22. The van der Waals surface area contributed by atoms with Crippen molar-refractivity contribution in [3.63, 3.8) is 0 Å². The Kier molecular flexibility index (Phi) is 12.8. The summed E-state index contributed by atoms with van der Waals surface area (Å²) in [6.45, 7) is 8.53. The van der Waals surface area contributed by atoms with Crippen LogP contribution in [0.25, 0.3) is 0 Å². The monoisotopic (exact) mass is 513 g/mol. The molecule has 9 nitrogen and oxygen atoms in total. The summed E-state index contributed by atoms with van der Waals surface area (Å²) in [7, 11) is 0. The average molecular weight is 514 g/mol. The predicted molar refractivity (Wildman–Crippen MR) is 142 cm³/mol. The first-order valence-corrected chi connectivity index (χ1v) is 13.3. The molecule has 0 saturated heterocycles. The number of aromatic nitrogens is 2. The van der Waals surface area contributed by atoms with Crippen LogP contribution in [0.1, 0.15) is 65.4 Å². The maximum atomic E-state index is 13.7. The zero-order valence-corrected chi connectivity index (χ0v) is 22.6. The average Bonchev–Trinajstić information content (AvgIpc) is 3.40. The number of hydrogen-bond donors (Lipinski definition) is 3. The van der Waals surface area contributed by atoms with Crippen molar-refractivity contribution in [1.82, 2.24) is 25.5 Å². The largest absolute Gasteiger partial charge is 0.328 e. The van der Waals surface area contributed by atoms with Crippen LogP contribution in [0.15, 0.2) is 49.1 Å². The second kappa shape index (κ2) is 15.8. The molecular formula is C28H43N5O4. The minimum absolute atomic E-state index is 0.0485. The van der Waals surface area contributed by atoms with Crippen LogP contribution in [0.5, 0.6) is 0 Å². The Hall–Kier alpha value is -3.20. The van der Waals surface area contributed by atoms with Gasteiger partial charge in [0.05, 0.1) is 18.2 Å². The van der Waals surface area contributed by atoms with Crippen molar-refractivity contribution in [2.45, 2.75) is 72.8 Å². The van der Waals surface area contributed by atoms with E-state index in [0.717, 1.165) is 24.8 Å². The van der Waals surface area contributed by atoms with Crippen molar-refractivity contribution in [3.05, 3.63) is 54.6 Å². The van der Waals surface area contributed by atoms with Crippen molar-refractivity contribution in [3.8, 4) is 0 Å². The highest BCUT2D eigenvalue weighted by molar-refractivity contribution is 5.88. The summed E-state index contributed by atoms with van der Waals surface area (Å²) < 4.78 is 1.66. The molecule has 2 aromatic rings. The molecule has 204 valence electrons. The van der Waals surface area contributed by atoms with Crippen LogP contribution in [-0.2, 0) is 27.3 Å². The van der Waals surface area contributed by atoms with Gasteiger partial charge in [0.15, 0.2) is 0 Å². The quantitative estimate of drug-likeness (QED) is 0.246. The van der Waals surface area contributed by atoms with Crippen molar-refractivity contribution in [2.24, 2.45) is 23.7 Å². The number of hydrazine groups is 1. The zero-order valence-electron chi connectivity index (χ0n) is 22.6. The molecular weight excluding hydrogens is 470 g/mol. The fourth-order valence-corrected chi connectivity index (χ4v) is 4.58. The van der Waals surface area contributed by atoms with Gasteiger partial charge in [-0.15, -0.1) is 0 Å². The number of hydroxylamine groups is 1. The van der Waals surface area contributed by atoms with E-state index in [9.17, 15) is 19.6 Å². The zero-order chi connectivity index (χ0) is 27.2. The van der Waals surface area contributed by atoms with Crippen LogP contribution >= 0.6 is 0 Å². The number of amides is 3. The molecule has 2 atom stereocenters. The first-order chi connectivity index (χ1) is 17.8. The summed E-state index contributed by atoms with van der Waals surface area (Å²) in [6.07, 6.45) is 8.92. The lowest BCUT2D eigenvalue weighted by molar-refractivity contribution is -0.148. The number of benzene rings is 1. The molecule has 0 unspecified atom stereocenters. The van der Waals surface area contributed by atoms with Gasteiger partial charge in [0.2, 0.25) is 11.8 Å². The predicted octanol–water partition coefficient (Wildman–Crippen LogP) is 3.99. The van der Waals surface area contributed by atoms with Crippen molar-refractivity contribution in [1.29, 1.82) is 0 Å². The van der Waals surface area contributed by atoms with Crippen LogP contribution in [-0.4, -0.2) is 44.0 Å². The van der Waals surface area contributed by atoms with E-state index >= 15 is 0 Å². The topological polar surface area (TPSA) is 117 Å². The molecule has 1 aromatic heterocycles. The molecule has 9 heteroatoms. The van der Waals surface area contributed by atoms with E-state index in [2.05, 4.69) is 24.3 Å². The van der Waals surface area contributed by atoms with Gasteiger partial charge in [-0.05, 0) is 43.1 Å². The molecule has 0 aliphatic carbocycles. The fraction of sp³-hybridized carbons (Fsp3) is 0.571. The minimum Gasteiger partial charge on any atom is -0.328 e. The van der Waals surface area contributed by atoms with Gasteiger partial charge >= 0.3 is 0 Å². The lowest BCUT2D eigenvalue weighted by atomic mass is 9.81. The van der Waals surface area contributed by atoms with Gasteiger partial charge in [0.25, 0.3) is 5.91 Å². The Labute approximate surface area is 220 Å². The molecule has 1 heterocycles. The Morgan fingerprint density at radius 1 is 1.05 bits per heavy atom. The minimum atomic E-state index is -0.727. The Morgan fingerprint density at radius 3 is 2.32 bits per heavy atom. The smallest absolute Gasteiger partial charge is 0.260 e. The van der Waals surface area contributed by atoms with E-state index in [1.54, 1.807) is 28.8 Å². The van der Waals surface area contributed by atoms with Crippen molar-refractivity contribution < 1.29 is 19.6 Å². The van der Waals surface area contributed by atoms with E-state index < -0.39 is 17.7 Å². The van der Waals surface area contributed by atoms with E-state index in [0.29, 0.717) is 25.8 Å². The van der Waals surface area contributed by atoms with Crippen LogP contribution in [0.3, 0.4) is 0 Å². The van der Waals surface area contributed by atoms with E-state index in [4.69, 9.17) is 0 Å². The molecule has 3 N–H and O–H groups in total. The van der Waals surface area contributed by atoms with E-state index in [-0.39, 0.29) is 30.2 Å². The highest BCUT2D eigenvalue weighted by Crippen LogP contribution is 2.27. The lowest BCUT2D eigenvalue weighted by Gasteiger charge is -2.32. The van der Waals surface area contributed by atoms with Gasteiger partial charge in [-0.3, -0.25) is 30.0 Å². The summed E-state index contributed by atoms with van der Waals surface area (Å²) in [5, 5.41) is 10.9. The fourth-order valence-electron chi connectivity index (χ4n) is 4.58. The number of rotatable bonds is 15. The summed E-state index contributed by atoms with van der Waals surface area (Å²) in [4.78, 5) is 43.6. The van der Waals surface area contributed by atoms with Gasteiger partial charge < -0.3 is 4.57 Å². The highest BCUT2D eigenvalue weighted by Gasteiger charge is 2.35. The third-order valence-electron chi connectivity index (χ3n) is 6.84. The van der Waals surface area contributed by atoms with Gasteiger partial charge in [-0.2, -0.15) is 0 Å². The summed E-state index contributed by atoms with van der Waals surface area (Å²) in [5.41, 5.74) is 5.77. The molecule has 1 aromatic carbocycles. The number of aryl methyl sites for hydroxylation is 1. The molecule has 0 aliphatic rings. The molecule has 0 spiro atoms. The van der Waals surface area contributed by atoms with Crippen LogP contribution in [0.2, 0.25) is 0 Å². The summed E-state index contributed by atoms with van der Waals surface area (Å²) in [6, 6.07) is 9.95. The number of carbonyl (C=O) groups is 3. The highest BCUT2D eigenvalue weighted by atomic mass is 16.5. The standard InChI is InChI=1S/C28H43N5O4/c1-5-22(6-2)18-33(26(34)19-32-16-15-29-20-32)30-27(35)25(17-21(3)4)24(28(36)31-37)14-10-13-23-11-8-7-9-12-23/h7-9,11-12,15-16,20-22,24-25,37H,5-6,10,13-14,17-19H2,1-4H3,(H,30,35)(H,31,36)/t24-,25+/m0/s1. The van der Waals surface area contributed by atoms with Gasteiger partial charge in [-0.25, -0.2) is 10.5 Å². The van der Waals surface area contributed by atoms with E-state index in [1.807, 2.05) is 44.2 Å². The molecule has 3 amide bonds. The Bertz CT molecular complexity index is 945. The second-order valence-electron chi connectivity index (χ2n) is 10.1. The lowest BCUT2D eigenvalue weighted by Crippen LogP contribution is -2.53. The number of nitrogens with zero attached hydrogens (tertiary/aromatic N) is 3. The van der Waals surface area contributed by atoms with Gasteiger partial charge in [0, 0.05) is 18.9 Å². The Morgan fingerprint density at radius 2 is 1.76 bits per heavy atom. The molecule has 0 radical (unpaired) electrons. The maximum Gasteiger partial charge on any atom is 0.260 e. The third-order valence-corrected chi connectivity index (χ3v) is 6.84. The maximum absolute atomic E-state index is 13.7.